The van der Waals surface area contributed by atoms with Gasteiger partial charge < -0.3 is 10.4 Å². The highest BCUT2D eigenvalue weighted by Crippen LogP contribution is 2.18. The minimum atomic E-state index is -1.01. The topological polar surface area (TPSA) is 101 Å². The number of aromatic nitrogens is 2. The summed E-state index contributed by atoms with van der Waals surface area (Å²) in [6, 6.07) is 13.7. The molecule has 2 aromatic carbocycles. The molecule has 29 heavy (non-hydrogen) atoms. The maximum Gasteiger partial charge on any atom is 0.308 e. The number of carbonyl (C=O) groups excluding carboxylic acids is 1. The lowest BCUT2D eigenvalue weighted by Crippen LogP contribution is -2.39. The Morgan fingerprint density at radius 1 is 1.14 bits per heavy atom. The average molecular weight is 393 g/mol. The van der Waals surface area contributed by atoms with E-state index in [1.54, 1.807) is 13.8 Å². The van der Waals surface area contributed by atoms with Crippen LogP contribution < -0.4 is 10.9 Å². The second kappa shape index (κ2) is 8.26. The van der Waals surface area contributed by atoms with Gasteiger partial charge in [-0.25, -0.2) is 4.68 Å². The van der Waals surface area contributed by atoms with Crippen LogP contribution >= 0.6 is 0 Å². The van der Waals surface area contributed by atoms with E-state index in [0.717, 1.165) is 21.0 Å². The summed E-state index contributed by atoms with van der Waals surface area (Å²) >= 11 is 0. The van der Waals surface area contributed by atoms with Gasteiger partial charge in [-0.1, -0.05) is 42.5 Å². The summed E-state index contributed by atoms with van der Waals surface area (Å²) in [6.07, 6.45) is 0.271. The van der Waals surface area contributed by atoms with Gasteiger partial charge in [0.15, 0.2) is 0 Å². The molecule has 0 aliphatic carbocycles. The summed E-state index contributed by atoms with van der Waals surface area (Å²) in [5.41, 5.74) is 1.43. The fraction of sp³-hybridized carbons (Fsp3) is 0.273. The lowest BCUT2D eigenvalue weighted by Gasteiger charge is -2.15. The van der Waals surface area contributed by atoms with Gasteiger partial charge in [-0.15, -0.1) is 0 Å². The van der Waals surface area contributed by atoms with Gasteiger partial charge >= 0.3 is 5.97 Å². The maximum atomic E-state index is 12.6. The standard InChI is InChI=1S/C22H23N3O4/c1-13-14(2)24-25(3)21(27)19(13)20(26)23-12-18(22(28)29)11-15-8-9-16-6-4-5-7-17(16)10-15/h4-10,18H,11-12H2,1-3H3,(H,23,26)(H,28,29). The number of nitrogens with zero attached hydrogens (tertiary/aromatic N) is 2. The smallest absolute Gasteiger partial charge is 0.308 e. The molecule has 1 amide bonds. The fourth-order valence-corrected chi connectivity index (χ4v) is 3.32. The molecule has 0 saturated carbocycles. The van der Waals surface area contributed by atoms with Crippen LogP contribution in [0.15, 0.2) is 47.3 Å². The van der Waals surface area contributed by atoms with Crippen molar-refractivity contribution in [2.75, 3.05) is 6.54 Å². The van der Waals surface area contributed by atoms with Crippen LogP contribution in [0.2, 0.25) is 0 Å². The molecule has 1 unspecified atom stereocenters. The van der Waals surface area contributed by atoms with E-state index in [9.17, 15) is 19.5 Å². The number of carboxylic acid groups (broad SMARTS) is 1. The lowest BCUT2D eigenvalue weighted by atomic mass is 9.97. The number of amides is 1. The minimum Gasteiger partial charge on any atom is -0.481 e. The molecule has 2 N–H and O–H groups in total. The molecule has 3 rings (SSSR count). The summed E-state index contributed by atoms with van der Waals surface area (Å²) < 4.78 is 1.11. The molecule has 1 atom stereocenters. The van der Waals surface area contributed by atoms with Crippen LogP contribution in [0.1, 0.15) is 27.2 Å². The van der Waals surface area contributed by atoms with Crippen molar-refractivity contribution in [1.29, 1.82) is 0 Å². The fourth-order valence-electron chi connectivity index (χ4n) is 3.32. The summed E-state index contributed by atoms with van der Waals surface area (Å²) in [6.45, 7) is 3.29. The molecule has 7 nitrogen and oxygen atoms in total. The number of carbonyl (C=O) groups is 2. The molecule has 0 aliphatic heterocycles. The molecule has 0 bridgehead atoms. The molecular weight excluding hydrogens is 370 g/mol. The van der Waals surface area contributed by atoms with Gasteiger partial charge in [-0.2, -0.15) is 5.10 Å². The van der Waals surface area contributed by atoms with Crippen molar-refractivity contribution >= 4 is 22.6 Å². The quantitative estimate of drug-likeness (QED) is 0.669. The van der Waals surface area contributed by atoms with E-state index in [2.05, 4.69) is 10.4 Å². The average Bonchev–Trinajstić information content (AvgIpc) is 2.69. The number of rotatable bonds is 6. The van der Waals surface area contributed by atoms with Crippen molar-refractivity contribution in [3.05, 3.63) is 75.2 Å². The van der Waals surface area contributed by atoms with Crippen LogP contribution in [0.25, 0.3) is 10.8 Å². The van der Waals surface area contributed by atoms with E-state index in [-0.39, 0.29) is 18.5 Å². The van der Waals surface area contributed by atoms with E-state index in [1.165, 1.54) is 7.05 Å². The Morgan fingerprint density at radius 2 is 1.83 bits per heavy atom. The zero-order chi connectivity index (χ0) is 21.1. The van der Waals surface area contributed by atoms with Crippen LogP contribution in [-0.4, -0.2) is 33.3 Å². The zero-order valence-electron chi connectivity index (χ0n) is 16.6. The normalized spacial score (nSPS) is 12.0. The zero-order valence-corrected chi connectivity index (χ0v) is 16.6. The molecule has 0 aliphatic rings. The van der Waals surface area contributed by atoms with Crippen LogP contribution in [0.5, 0.6) is 0 Å². The van der Waals surface area contributed by atoms with Crippen LogP contribution in [0.3, 0.4) is 0 Å². The number of hydrogen-bond donors (Lipinski definition) is 2. The Bertz CT molecular complexity index is 1150. The molecule has 0 spiro atoms. The molecule has 0 radical (unpaired) electrons. The number of nitrogens with one attached hydrogen (secondary N) is 1. The second-order valence-electron chi connectivity index (χ2n) is 7.14. The molecule has 3 aromatic rings. The van der Waals surface area contributed by atoms with Crippen LogP contribution in [0.4, 0.5) is 0 Å². The number of fused-ring (bicyclic) bond motifs is 1. The lowest BCUT2D eigenvalue weighted by molar-refractivity contribution is -0.141. The van der Waals surface area contributed by atoms with Gasteiger partial charge in [-0.3, -0.25) is 14.4 Å². The highest BCUT2D eigenvalue weighted by molar-refractivity contribution is 5.95. The first kappa shape index (κ1) is 20.3. The van der Waals surface area contributed by atoms with Gasteiger partial charge in [0.1, 0.15) is 5.56 Å². The number of hydrogen-bond acceptors (Lipinski definition) is 4. The summed E-state index contributed by atoms with van der Waals surface area (Å²) in [5.74, 6) is -2.40. The molecule has 1 aromatic heterocycles. The molecule has 150 valence electrons. The van der Waals surface area contributed by atoms with Crippen molar-refractivity contribution in [3.63, 3.8) is 0 Å². The van der Waals surface area contributed by atoms with Crippen molar-refractivity contribution < 1.29 is 14.7 Å². The SMILES string of the molecule is Cc1nn(C)c(=O)c(C(=O)NCC(Cc2ccc3ccccc3c2)C(=O)O)c1C. The predicted octanol–water partition coefficient (Wildman–Crippen LogP) is 2.22. The largest absolute Gasteiger partial charge is 0.481 e. The maximum absolute atomic E-state index is 12.6. The summed E-state index contributed by atoms with van der Waals surface area (Å²) in [4.78, 5) is 36.6. The highest BCUT2D eigenvalue weighted by atomic mass is 16.4. The Hall–Kier alpha value is -3.48. The van der Waals surface area contributed by atoms with Gasteiger partial charge in [0.2, 0.25) is 0 Å². The molecule has 1 heterocycles. The Kier molecular flexibility index (Phi) is 5.77. The number of aliphatic carboxylic acids is 1. The number of benzene rings is 2. The molecule has 0 fully saturated rings. The van der Waals surface area contributed by atoms with Gasteiger partial charge in [0.05, 0.1) is 11.6 Å². The van der Waals surface area contributed by atoms with Gasteiger partial charge in [0.25, 0.3) is 11.5 Å². The van der Waals surface area contributed by atoms with E-state index in [0.29, 0.717) is 11.3 Å². The van der Waals surface area contributed by atoms with E-state index >= 15 is 0 Å². The van der Waals surface area contributed by atoms with Crippen molar-refractivity contribution in [3.8, 4) is 0 Å². The minimum absolute atomic E-state index is 0.00477. The monoisotopic (exact) mass is 393 g/mol. The van der Waals surface area contributed by atoms with Crippen LogP contribution in [-0.2, 0) is 18.3 Å². The third-order valence-corrected chi connectivity index (χ3v) is 5.11. The Balaban J connectivity index is 1.77. The van der Waals surface area contributed by atoms with Crippen molar-refractivity contribution in [1.82, 2.24) is 15.1 Å². The van der Waals surface area contributed by atoms with Crippen molar-refractivity contribution in [2.24, 2.45) is 13.0 Å². The first-order chi connectivity index (χ1) is 13.8. The first-order valence-electron chi connectivity index (χ1n) is 9.31. The van der Waals surface area contributed by atoms with E-state index in [4.69, 9.17) is 0 Å². The first-order valence-corrected chi connectivity index (χ1v) is 9.31. The summed E-state index contributed by atoms with van der Waals surface area (Å²) in [7, 11) is 1.48. The Morgan fingerprint density at radius 3 is 2.52 bits per heavy atom. The molecule has 0 saturated heterocycles. The highest BCUT2D eigenvalue weighted by Gasteiger charge is 2.22. The van der Waals surface area contributed by atoms with Crippen molar-refractivity contribution in [2.45, 2.75) is 20.3 Å². The van der Waals surface area contributed by atoms with Gasteiger partial charge in [-0.05, 0) is 42.2 Å². The summed E-state index contributed by atoms with van der Waals surface area (Å²) in [5, 5.41) is 18.4. The predicted molar refractivity (Wildman–Crippen MR) is 110 cm³/mol. The van der Waals surface area contributed by atoms with E-state index < -0.39 is 23.4 Å². The number of aryl methyl sites for hydroxylation is 2. The Labute approximate surface area is 168 Å². The van der Waals surface area contributed by atoms with E-state index in [1.807, 2.05) is 42.5 Å². The third-order valence-electron chi connectivity index (χ3n) is 5.11. The van der Waals surface area contributed by atoms with Crippen LogP contribution in [0, 0.1) is 19.8 Å². The third kappa shape index (κ3) is 4.34. The molecular formula is C22H23N3O4. The molecule has 7 heteroatoms. The van der Waals surface area contributed by atoms with Gasteiger partial charge in [0, 0.05) is 13.6 Å². The second-order valence-corrected chi connectivity index (χ2v) is 7.14. The number of carboxylic acids is 1.